The summed E-state index contributed by atoms with van der Waals surface area (Å²) in [5.74, 6) is 1.70. The van der Waals surface area contributed by atoms with Crippen molar-refractivity contribution in [2.24, 2.45) is 11.8 Å². The second-order valence-corrected chi connectivity index (χ2v) is 8.88. The van der Waals surface area contributed by atoms with Gasteiger partial charge in [-0.15, -0.1) is 0 Å². The lowest BCUT2D eigenvalue weighted by Crippen LogP contribution is -2.37. The van der Waals surface area contributed by atoms with Crippen LogP contribution in [0.15, 0.2) is 36.8 Å². The number of halogens is 1. The Kier molecular flexibility index (Phi) is 6.97. The molecule has 0 saturated heterocycles. The van der Waals surface area contributed by atoms with Crippen molar-refractivity contribution in [2.75, 3.05) is 11.4 Å². The lowest BCUT2D eigenvalue weighted by Gasteiger charge is -2.33. The van der Waals surface area contributed by atoms with Crippen LogP contribution in [0.4, 0.5) is 10.2 Å². The number of aromatic nitrogens is 4. The maximum atomic E-state index is 13.8. The number of anilines is 1. The van der Waals surface area contributed by atoms with Crippen molar-refractivity contribution in [1.82, 2.24) is 19.4 Å². The van der Waals surface area contributed by atoms with Crippen molar-refractivity contribution >= 4 is 17.2 Å². The third-order valence-corrected chi connectivity index (χ3v) is 6.76. The Morgan fingerprint density at radius 3 is 2.94 bits per heavy atom. The van der Waals surface area contributed by atoms with Crippen LogP contribution in [0.5, 0.6) is 0 Å². The first-order chi connectivity index (χ1) is 16.0. The van der Waals surface area contributed by atoms with E-state index in [1.807, 2.05) is 12.1 Å². The van der Waals surface area contributed by atoms with Crippen molar-refractivity contribution in [3.05, 3.63) is 42.6 Å². The number of hydrogen-bond donors (Lipinski definition) is 0. The van der Waals surface area contributed by atoms with E-state index in [1.165, 1.54) is 12.3 Å². The zero-order chi connectivity index (χ0) is 23.4. The Hall–Kier alpha value is -3.34. The first kappa shape index (κ1) is 22.8. The number of pyridine rings is 1. The van der Waals surface area contributed by atoms with E-state index in [4.69, 9.17) is 10.2 Å². The summed E-state index contributed by atoms with van der Waals surface area (Å²) in [7, 11) is 0. The van der Waals surface area contributed by atoms with Crippen molar-refractivity contribution in [3.63, 3.8) is 0 Å². The van der Waals surface area contributed by atoms with Crippen molar-refractivity contribution < 1.29 is 9.18 Å². The number of rotatable bonds is 7. The number of nitrogens with zero attached hydrogens (tertiary/aromatic N) is 6. The second-order valence-electron chi connectivity index (χ2n) is 8.88. The number of Topliss-reactive ketones (excluding diaryl/α,β-unsaturated/α-hetero) is 1. The SMILES string of the molecule is CCN(c1ccnc(-c2cnc3ccc(F)cn23)n1)C1CCCC(C)C(CC(=O)CC#N)C1. The summed E-state index contributed by atoms with van der Waals surface area (Å²) in [5, 5.41) is 8.88. The van der Waals surface area contributed by atoms with E-state index < -0.39 is 0 Å². The van der Waals surface area contributed by atoms with Crippen LogP contribution in [0, 0.1) is 29.0 Å². The Bertz CT molecular complexity index is 1170. The van der Waals surface area contributed by atoms with Crippen LogP contribution in [-0.4, -0.2) is 37.7 Å². The molecule has 1 saturated carbocycles. The van der Waals surface area contributed by atoms with Gasteiger partial charge in [0.25, 0.3) is 0 Å². The highest BCUT2D eigenvalue weighted by molar-refractivity contribution is 5.80. The average Bonchev–Trinajstić information content (AvgIpc) is 3.13. The summed E-state index contributed by atoms with van der Waals surface area (Å²) in [5.41, 5.74) is 1.27. The molecule has 0 aliphatic heterocycles. The number of carbonyl (C=O) groups is 1. The van der Waals surface area contributed by atoms with Gasteiger partial charge in [0, 0.05) is 31.4 Å². The number of imidazole rings is 1. The highest BCUT2D eigenvalue weighted by Gasteiger charge is 2.30. The molecule has 7 nitrogen and oxygen atoms in total. The zero-order valence-electron chi connectivity index (χ0n) is 19.1. The minimum Gasteiger partial charge on any atom is -0.354 e. The van der Waals surface area contributed by atoms with Crippen LogP contribution in [0.1, 0.15) is 52.4 Å². The highest BCUT2D eigenvalue weighted by Crippen LogP contribution is 2.35. The van der Waals surface area contributed by atoms with Crippen LogP contribution in [-0.2, 0) is 4.79 Å². The van der Waals surface area contributed by atoms with E-state index in [2.05, 4.69) is 28.7 Å². The summed E-state index contributed by atoms with van der Waals surface area (Å²) >= 11 is 0. The number of hydrogen-bond acceptors (Lipinski definition) is 6. The molecule has 3 aromatic rings. The Morgan fingerprint density at radius 1 is 1.30 bits per heavy atom. The molecule has 0 spiro atoms. The second kappa shape index (κ2) is 10.1. The number of ketones is 1. The van der Waals surface area contributed by atoms with Gasteiger partial charge in [0.2, 0.25) is 0 Å². The van der Waals surface area contributed by atoms with Crippen LogP contribution < -0.4 is 4.90 Å². The van der Waals surface area contributed by atoms with Gasteiger partial charge in [0.15, 0.2) is 5.82 Å². The minimum atomic E-state index is -0.349. The minimum absolute atomic E-state index is 0.0133. The highest BCUT2D eigenvalue weighted by atomic mass is 19.1. The standard InChI is InChI=1S/C25H29FN6O/c1-3-31(20-6-4-5-17(2)18(13-20)14-21(33)9-11-27)24-10-12-28-25(30-24)22-15-29-23-8-7-19(26)16-32(22)23/h7-8,10,12,15-18,20H,3-6,9,13-14H2,1-2H3. The summed E-state index contributed by atoms with van der Waals surface area (Å²) in [6.07, 6.45) is 9.33. The third-order valence-electron chi connectivity index (χ3n) is 6.76. The quantitative estimate of drug-likeness (QED) is 0.482. The molecule has 1 aliphatic carbocycles. The van der Waals surface area contributed by atoms with Crippen molar-refractivity contribution in [1.29, 1.82) is 5.26 Å². The van der Waals surface area contributed by atoms with Gasteiger partial charge in [0.1, 0.15) is 28.8 Å². The van der Waals surface area contributed by atoms with Crippen LogP contribution in [0.3, 0.4) is 0 Å². The van der Waals surface area contributed by atoms with E-state index in [0.29, 0.717) is 29.5 Å². The topological polar surface area (TPSA) is 87.2 Å². The smallest absolute Gasteiger partial charge is 0.180 e. The van der Waals surface area contributed by atoms with E-state index in [-0.39, 0.29) is 30.0 Å². The van der Waals surface area contributed by atoms with Crippen LogP contribution in [0.2, 0.25) is 0 Å². The Balaban J connectivity index is 1.61. The van der Waals surface area contributed by atoms with Gasteiger partial charge >= 0.3 is 0 Å². The normalized spacial score (nSPS) is 20.8. The lowest BCUT2D eigenvalue weighted by atomic mass is 9.84. The van der Waals surface area contributed by atoms with E-state index in [1.54, 1.807) is 22.9 Å². The summed E-state index contributed by atoms with van der Waals surface area (Å²) in [6.45, 7) is 5.10. The first-order valence-corrected chi connectivity index (χ1v) is 11.6. The van der Waals surface area contributed by atoms with Gasteiger partial charge in [-0.3, -0.25) is 9.20 Å². The molecule has 1 aliphatic rings. The maximum absolute atomic E-state index is 13.8. The molecule has 0 aromatic carbocycles. The van der Waals surface area contributed by atoms with Crippen molar-refractivity contribution in [3.8, 4) is 17.6 Å². The fourth-order valence-electron chi connectivity index (χ4n) is 4.99. The molecule has 172 valence electrons. The molecule has 4 rings (SSSR count). The molecule has 0 bridgehead atoms. The largest absolute Gasteiger partial charge is 0.354 e. The number of fused-ring (bicyclic) bond motifs is 1. The predicted octanol–water partition coefficient (Wildman–Crippen LogP) is 4.82. The summed E-state index contributed by atoms with van der Waals surface area (Å²) < 4.78 is 15.5. The zero-order valence-corrected chi connectivity index (χ0v) is 19.1. The maximum Gasteiger partial charge on any atom is 0.180 e. The number of nitriles is 1. The van der Waals surface area contributed by atoms with E-state index in [9.17, 15) is 9.18 Å². The fourth-order valence-corrected chi connectivity index (χ4v) is 4.99. The average molecular weight is 449 g/mol. The molecule has 3 atom stereocenters. The Labute approximate surface area is 193 Å². The molecule has 0 N–H and O–H groups in total. The predicted molar refractivity (Wildman–Crippen MR) is 124 cm³/mol. The molecule has 3 unspecified atom stereocenters. The van der Waals surface area contributed by atoms with Gasteiger partial charge in [-0.2, -0.15) is 5.26 Å². The van der Waals surface area contributed by atoms with Gasteiger partial charge in [-0.25, -0.2) is 19.3 Å². The third kappa shape index (κ3) is 5.03. The molecular formula is C25H29FN6O. The number of carbonyl (C=O) groups excluding carboxylic acids is 1. The molecule has 3 aromatic heterocycles. The monoisotopic (exact) mass is 448 g/mol. The lowest BCUT2D eigenvalue weighted by molar-refractivity contribution is -0.119. The molecular weight excluding hydrogens is 419 g/mol. The van der Waals surface area contributed by atoms with Crippen LogP contribution in [0.25, 0.3) is 17.2 Å². The van der Waals surface area contributed by atoms with Crippen molar-refractivity contribution in [2.45, 2.75) is 58.4 Å². The molecule has 3 heterocycles. The summed E-state index contributed by atoms with van der Waals surface area (Å²) in [6, 6.07) is 7.15. The first-order valence-electron chi connectivity index (χ1n) is 11.6. The fraction of sp³-hybridized carbons (Fsp3) is 0.480. The molecule has 8 heteroatoms. The molecule has 33 heavy (non-hydrogen) atoms. The van der Waals surface area contributed by atoms with Gasteiger partial charge in [-0.05, 0) is 49.8 Å². The van der Waals surface area contributed by atoms with Gasteiger partial charge < -0.3 is 4.90 Å². The molecule has 1 fully saturated rings. The summed E-state index contributed by atoms with van der Waals surface area (Å²) in [4.78, 5) is 28.1. The van der Waals surface area contributed by atoms with Crippen LogP contribution >= 0.6 is 0 Å². The van der Waals surface area contributed by atoms with Gasteiger partial charge in [0.05, 0.1) is 18.7 Å². The van der Waals surface area contributed by atoms with Gasteiger partial charge in [-0.1, -0.05) is 19.8 Å². The molecule has 0 amide bonds. The van der Waals surface area contributed by atoms with E-state index >= 15 is 0 Å². The van der Waals surface area contributed by atoms with E-state index in [0.717, 1.165) is 38.0 Å². The molecule has 0 radical (unpaired) electrons. The Morgan fingerprint density at radius 2 is 2.15 bits per heavy atom.